The van der Waals surface area contributed by atoms with Crippen molar-refractivity contribution in [1.29, 1.82) is 0 Å². The fraction of sp³-hybridized carbons (Fsp3) is 0.136. The Bertz CT molecular complexity index is 1230. The van der Waals surface area contributed by atoms with E-state index in [2.05, 4.69) is 9.97 Å². The molecule has 0 aliphatic carbocycles. The van der Waals surface area contributed by atoms with E-state index < -0.39 is 0 Å². The molecule has 3 heterocycles. The van der Waals surface area contributed by atoms with Crippen LogP contribution in [-0.4, -0.2) is 25.3 Å². The lowest BCUT2D eigenvalue weighted by atomic mass is 10.0. The first-order valence-corrected chi connectivity index (χ1v) is 9.03. The molecule has 6 heteroatoms. The smallest absolute Gasteiger partial charge is 0.256 e. The van der Waals surface area contributed by atoms with Gasteiger partial charge in [0.25, 0.3) is 5.91 Å². The molecule has 1 aliphatic rings. The molecule has 5 nitrogen and oxygen atoms in total. The molecule has 138 valence electrons. The fourth-order valence-electron chi connectivity index (χ4n) is 3.68. The van der Waals surface area contributed by atoms with Gasteiger partial charge in [-0.2, -0.15) is 0 Å². The SMILES string of the molecule is Cn1cnc2ccc(-c3ccc(CN4Cc5ncccc5C4=O)c(F)c3)cc21. The van der Waals surface area contributed by atoms with Crippen LogP contribution in [0.25, 0.3) is 22.2 Å². The average molecular weight is 372 g/mol. The van der Waals surface area contributed by atoms with Crippen LogP contribution in [0.4, 0.5) is 4.39 Å². The molecule has 0 spiro atoms. The first-order valence-electron chi connectivity index (χ1n) is 9.03. The van der Waals surface area contributed by atoms with Crippen molar-refractivity contribution in [3.05, 3.63) is 83.7 Å². The maximum Gasteiger partial charge on any atom is 0.256 e. The number of hydrogen-bond donors (Lipinski definition) is 0. The van der Waals surface area contributed by atoms with Gasteiger partial charge in [0.15, 0.2) is 0 Å². The Morgan fingerprint density at radius 3 is 2.71 bits per heavy atom. The first-order chi connectivity index (χ1) is 13.6. The van der Waals surface area contributed by atoms with Gasteiger partial charge in [0.05, 0.1) is 35.2 Å². The lowest BCUT2D eigenvalue weighted by Gasteiger charge is -2.16. The number of aryl methyl sites for hydroxylation is 1. The number of halogens is 1. The third kappa shape index (κ3) is 2.65. The van der Waals surface area contributed by atoms with Crippen molar-refractivity contribution in [2.75, 3.05) is 0 Å². The van der Waals surface area contributed by atoms with Gasteiger partial charge >= 0.3 is 0 Å². The molecule has 0 fully saturated rings. The molecule has 28 heavy (non-hydrogen) atoms. The molecule has 1 amide bonds. The topological polar surface area (TPSA) is 51.0 Å². The molecule has 5 rings (SSSR count). The number of carbonyl (C=O) groups is 1. The van der Waals surface area contributed by atoms with Gasteiger partial charge in [0.1, 0.15) is 5.82 Å². The molecule has 0 saturated heterocycles. The molecule has 0 unspecified atom stereocenters. The minimum absolute atomic E-state index is 0.103. The van der Waals surface area contributed by atoms with E-state index in [0.717, 1.165) is 27.9 Å². The second-order valence-corrected chi connectivity index (χ2v) is 7.02. The quantitative estimate of drug-likeness (QED) is 0.548. The monoisotopic (exact) mass is 372 g/mol. The Hall–Kier alpha value is -3.54. The molecule has 0 bridgehead atoms. The van der Waals surface area contributed by atoms with Gasteiger partial charge in [-0.05, 0) is 41.5 Å². The Balaban J connectivity index is 1.42. The normalized spacial score (nSPS) is 13.4. The van der Waals surface area contributed by atoms with E-state index in [4.69, 9.17) is 0 Å². The molecular weight excluding hydrogens is 355 g/mol. The molecule has 0 N–H and O–H groups in total. The highest BCUT2D eigenvalue weighted by Gasteiger charge is 2.28. The maximum absolute atomic E-state index is 14.8. The number of aromatic nitrogens is 3. The number of carbonyl (C=O) groups excluding carboxylic acids is 1. The van der Waals surface area contributed by atoms with Crippen molar-refractivity contribution in [1.82, 2.24) is 19.4 Å². The van der Waals surface area contributed by atoms with Crippen molar-refractivity contribution >= 4 is 16.9 Å². The fourth-order valence-corrected chi connectivity index (χ4v) is 3.68. The van der Waals surface area contributed by atoms with Crippen molar-refractivity contribution < 1.29 is 9.18 Å². The van der Waals surface area contributed by atoms with E-state index in [0.29, 0.717) is 17.7 Å². The van der Waals surface area contributed by atoms with E-state index in [-0.39, 0.29) is 18.3 Å². The van der Waals surface area contributed by atoms with Gasteiger partial charge in [-0.25, -0.2) is 9.37 Å². The number of rotatable bonds is 3. The zero-order valence-corrected chi connectivity index (χ0v) is 15.3. The lowest BCUT2D eigenvalue weighted by Crippen LogP contribution is -2.23. The summed E-state index contributed by atoms with van der Waals surface area (Å²) in [4.78, 5) is 22.7. The summed E-state index contributed by atoms with van der Waals surface area (Å²) in [5.41, 5.74) is 5.46. The van der Waals surface area contributed by atoms with Gasteiger partial charge in [-0.3, -0.25) is 9.78 Å². The van der Waals surface area contributed by atoms with E-state index in [1.165, 1.54) is 6.07 Å². The highest BCUT2D eigenvalue weighted by molar-refractivity contribution is 5.97. The molecule has 1 aliphatic heterocycles. The van der Waals surface area contributed by atoms with Crippen molar-refractivity contribution in [2.24, 2.45) is 7.05 Å². The van der Waals surface area contributed by atoms with Crippen LogP contribution in [0.3, 0.4) is 0 Å². The van der Waals surface area contributed by atoms with Crippen LogP contribution in [0.1, 0.15) is 21.6 Å². The predicted octanol–water partition coefficient (Wildman–Crippen LogP) is 3.93. The largest absolute Gasteiger partial charge is 0.334 e. The third-order valence-corrected chi connectivity index (χ3v) is 5.22. The van der Waals surface area contributed by atoms with Crippen LogP contribution >= 0.6 is 0 Å². The number of hydrogen-bond acceptors (Lipinski definition) is 3. The molecule has 0 atom stereocenters. The van der Waals surface area contributed by atoms with E-state index in [1.807, 2.05) is 35.9 Å². The van der Waals surface area contributed by atoms with Crippen LogP contribution in [-0.2, 0) is 20.1 Å². The Labute approximate surface area is 161 Å². The Morgan fingerprint density at radius 1 is 1.07 bits per heavy atom. The van der Waals surface area contributed by atoms with Gasteiger partial charge in [0.2, 0.25) is 0 Å². The summed E-state index contributed by atoms with van der Waals surface area (Å²) in [6.45, 7) is 0.634. The lowest BCUT2D eigenvalue weighted by molar-refractivity contribution is 0.0765. The summed E-state index contributed by atoms with van der Waals surface area (Å²) in [5, 5.41) is 0. The number of imidazole rings is 1. The van der Waals surface area contributed by atoms with Crippen molar-refractivity contribution in [3.8, 4) is 11.1 Å². The average Bonchev–Trinajstić information content (AvgIpc) is 3.24. The van der Waals surface area contributed by atoms with Gasteiger partial charge in [0, 0.05) is 25.4 Å². The molecule has 2 aromatic carbocycles. The summed E-state index contributed by atoms with van der Waals surface area (Å²) < 4.78 is 16.7. The van der Waals surface area contributed by atoms with Crippen LogP contribution in [0.5, 0.6) is 0 Å². The van der Waals surface area contributed by atoms with E-state index in [1.54, 1.807) is 35.6 Å². The van der Waals surface area contributed by atoms with E-state index in [9.17, 15) is 9.18 Å². The van der Waals surface area contributed by atoms with Crippen LogP contribution in [0.15, 0.2) is 61.1 Å². The number of amides is 1. The Kier molecular flexibility index (Phi) is 3.72. The number of pyridine rings is 1. The van der Waals surface area contributed by atoms with Crippen LogP contribution in [0.2, 0.25) is 0 Å². The van der Waals surface area contributed by atoms with Gasteiger partial charge < -0.3 is 9.47 Å². The first kappa shape index (κ1) is 16.6. The molecule has 0 radical (unpaired) electrons. The molecule has 2 aromatic heterocycles. The number of benzene rings is 2. The third-order valence-electron chi connectivity index (χ3n) is 5.22. The summed E-state index contributed by atoms with van der Waals surface area (Å²) >= 11 is 0. The predicted molar refractivity (Wildman–Crippen MR) is 104 cm³/mol. The van der Waals surface area contributed by atoms with Gasteiger partial charge in [-0.1, -0.05) is 18.2 Å². The van der Waals surface area contributed by atoms with Crippen LogP contribution < -0.4 is 0 Å². The maximum atomic E-state index is 14.8. The zero-order chi connectivity index (χ0) is 19.3. The number of fused-ring (bicyclic) bond motifs is 2. The summed E-state index contributed by atoms with van der Waals surface area (Å²) in [6.07, 6.45) is 3.43. The molecular formula is C22H17FN4O. The second-order valence-electron chi connectivity index (χ2n) is 7.02. The minimum Gasteiger partial charge on any atom is -0.334 e. The second kappa shape index (κ2) is 6.27. The minimum atomic E-state index is -0.320. The highest BCUT2D eigenvalue weighted by atomic mass is 19.1. The van der Waals surface area contributed by atoms with Gasteiger partial charge in [-0.15, -0.1) is 0 Å². The molecule has 4 aromatic rings. The van der Waals surface area contributed by atoms with Crippen molar-refractivity contribution in [2.45, 2.75) is 13.1 Å². The highest BCUT2D eigenvalue weighted by Crippen LogP contribution is 2.27. The summed E-state index contributed by atoms with van der Waals surface area (Å²) in [6, 6.07) is 14.6. The molecule has 0 saturated carbocycles. The van der Waals surface area contributed by atoms with Crippen LogP contribution in [0, 0.1) is 5.82 Å². The standard InChI is InChI=1S/C22H17FN4O/c1-26-13-25-19-7-6-15(10-21(19)26)14-4-5-16(18(23)9-14)11-27-12-20-17(22(27)28)3-2-8-24-20/h2-10,13H,11-12H2,1H3. The number of nitrogens with zero attached hydrogens (tertiary/aromatic N) is 4. The summed E-state index contributed by atoms with van der Waals surface area (Å²) in [7, 11) is 1.93. The van der Waals surface area contributed by atoms with E-state index >= 15 is 0 Å². The summed E-state index contributed by atoms with van der Waals surface area (Å²) in [5.74, 6) is -0.424. The Morgan fingerprint density at radius 2 is 1.89 bits per heavy atom. The zero-order valence-electron chi connectivity index (χ0n) is 15.3. The van der Waals surface area contributed by atoms with Crippen molar-refractivity contribution in [3.63, 3.8) is 0 Å².